The van der Waals surface area contributed by atoms with Gasteiger partial charge in [-0.3, -0.25) is 0 Å². The summed E-state index contributed by atoms with van der Waals surface area (Å²) in [4.78, 5) is 0. The Morgan fingerprint density at radius 2 is 1.89 bits per heavy atom. The Hall–Kier alpha value is 0.217. The fourth-order valence-corrected chi connectivity index (χ4v) is 2.33. The predicted octanol–water partition coefficient (Wildman–Crippen LogP) is 3.26. The van der Waals surface area contributed by atoms with Crippen LogP contribution in [0.4, 0.5) is 0 Å². The third-order valence-electron chi connectivity index (χ3n) is 1.96. The minimum atomic E-state index is -0.823. The summed E-state index contributed by atoms with van der Waals surface area (Å²) in [7, 11) is -0.823. The van der Waals surface area contributed by atoms with E-state index in [1.165, 1.54) is 18.9 Å². The van der Waals surface area contributed by atoms with Crippen LogP contribution in [0.15, 0.2) is 0 Å². The Kier molecular flexibility index (Phi) is 4.20. The molecule has 0 aliphatic heterocycles. The fraction of sp³-hybridized carbons (Fsp3) is 0.875. The molecule has 0 N–H and O–H groups in total. The summed E-state index contributed by atoms with van der Waals surface area (Å²) in [5.41, 5.74) is 0. The van der Waals surface area contributed by atoms with Crippen molar-refractivity contribution in [1.29, 1.82) is 0 Å². The minimum Gasteiger partial charge on any atom is -0.0692 e. The standard InChI is InChI=1S/C8H19Si/c1-5-7-8-9(3,4)6-2/h6H,5,7-8H2,1-4H3. The number of hydrogen-bond donors (Lipinski definition) is 0. The first-order valence-electron chi connectivity index (χ1n) is 3.93. The topological polar surface area (TPSA) is 0 Å². The fourth-order valence-electron chi connectivity index (χ4n) is 0.777. The first kappa shape index (κ1) is 9.22. The molecule has 0 aromatic heterocycles. The Bertz CT molecular complexity index is 67.0. The molecule has 0 saturated heterocycles. The van der Waals surface area contributed by atoms with Gasteiger partial charge in [0.2, 0.25) is 0 Å². The molecule has 0 spiro atoms. The summed E-state index contributed by atoms with van der Waals surface area (Å²) in [6, 6.07) is 3.91. The van der Waals surface area contributed by atoms with Crippen molar-refractivity contribution >= 4 is 8.07 Å². The predicted molar refractivity (Wildman–Crippen MR) is 47.2 cm³/mol. The van der Waals surface area contributed by atoms with Gasteiger partial charge in [-0.25, -0.2) is 0 Å². The van der Waals surface area contributed by atoms with Crippen LogP contribution in [0, 0.1) is 6.04 Å². The van der Waals surface area contributed by atoms with Gasteiger partial charge in [-0.1, -0.05) is 45.8 Å². The Morgan fingerprint density at radius 3 is 2.22 bits per heavy atom. The van der Waals surface area contributed by atoms with E-state index < -0.39 is 8.07 Å². The van der Waals surface area contributed by atoms with Crippen molar-refractivity contribution in [2.24, 2.45) is 0 Å². The highest BCUT2D eigenvalue weighted by Gasteiger charge is 2.15. The van der Waals surface area contributed by atoms with Crippen LogP contribution in [0.1, 0.15) is 26.7 Å². The highest BCUT2D eigenvalue weighted by molar-refractivity contribution is 6.80. The molecule has 0 bridgehead atoms. The molecule has 0 atom stereocenters. The molecule has 55 valence electrons. The van der Waals surface area contributed by atoms with Crippen molar-refractivity contribution in [2.45, 2.75) is 45.8 Å². The zero-order valence-electron chi connectivity index (χ0n) is 7.20. The van der Waals surface area contributed by atoms with Crippen LogP contribution >= 0.6 is 0 Å². The highest BCUT2D eigenvalue weighted by Crippen LogP contribution is 2.15. The van der Waals surface area contributed by atoms with Gasteiger partial charge < -0.3 is 0 Å². The number of rotatable bonds is 4. The Balaban J connectivity index is 3.33. The van der Waals surface area contributed by atoms with Crippen LogP contribution < -0.4 is 0 Å². The quantitative estimate of drug-likeness (QED) is 0.530. The van der Waals surface area contributed by atoms with Crippen LogP contribution in [0.2, 0.25) is 19.1 Å². The van der Waals surface area contributed by atoms with E-state index in [1.54, 1.807) is 0 Å². The van der Waals surface area contributed by atoms with Crippen LogP contribution in [0.3, 0.4) is 0 Å². The van der Waals surface area contributed by atoms with Crippen LogP contribution in [-0.2, 0) is 0 Å². The number of hydrogen-bond acceptors (Lipinski definition) is 0. The average molecular weight is 143 g/mol. The zero-order valence-corrected chi connectivity index (χ0v) is 8.20. The molecular weight excluding hydrogens is 124 g/mol. The first-order chi connectivity index (χ1) is 4.12. The normalized spacial score (nSPS) is 12.0. The molecular formula is C8H19Si. The third kappa shape index (κ3) is 4.70. The van der Waals surface area contributed by atoms with Gasteiger partial charge in [0.1, 0.15) is 0 Å². The van der Waals surface area contributed by atoms with Crippen molar-refractivity contribution < 1.29 is 0 Å². The maximum absolute atomic E-state index is 2.43. The van der Waals surface area contributed by atoms with Crippen molar-refractivity contribution in [3.8, 4) is 0 Å². The summed E-state index contributed by atoms with van der Waals surface area (Å²) in [6.07, 6.45) is 2.77. The second kappa shape index (κ2) is 4.10. The van der Waals surface area contributed by atoms with Gasteiger partial charge in [-0.15, -0.1) is 0 Å². The monoisotopic (exact) mass is 143 g/mol. The lowest BCUT2D eigenvalue weighted by Gasteiger charge is -2.18. The van der Waals surface area contributed by atoms with E-state index in [0.29, 0.717) is 0 Å². The van der Waals surface area contributed by atoms with Crippen LogP contribution in [-0.4, -0.2) is 8.07 Å². The SMILES string of the molecule is C[CH][Si](C)(C)CCCC. The molecule has 0 aliphatic rings. The van der Waals surface area contributed by atoms with E-state index in [9.17, 15) is 0 Å². The van der Waals surface area contributed by atoms with Crippen molar-refractivity contribution in [1.82, 2.24) is 0 Å². The van der Waals surface area contributed by atoms with Gasteiger partial charge in [0.15, 0.2) is 0 Å². The van der Waals surface area contributed by atoms with E-state index in [-0.39, 0.29) is 0 Å². The lowest BCUT2D eigenvalue weighted by molar-refractivity contribution is 0.868. The molecule has 0 aliphatic carbocycles. The maximum atomic E-state index is 2.43. The lowest BCUT2D eigenvalue weighted by atomic mass is 10.4. The smallest absolute Gasteiger partial charge is 0.0501 e. The first-order valence-corrected chi connectivity index (χ1v) is 7.21. The summed E-state index contributed by atoms with van der Waals surface area (Å²) in [6.45, 7) is 9.34. The van der Waals surface area contributed by atoms with Crippen molar-refractivity contribution in [3.63, 3.8) is 0 Å². The summed E-state index contributed by atoms with van der Waals surface area (Å²) in [5, 5.41) is 0. The highest BCUT2D eigenvalue weighted by atomic mass is 28.3. The lowest BCUT2D eigenvalue weighted by Crippen LogP contribution is -2.24. The van der Waals surface area contributed by atoms with Gasteiger partial charge in [0, 0.05) is 0 Å². The molecule has 0 amide bonds. The molecule has 0 aromatic rings. The van der Waals surface area contributed by atoms with Gasteiger partial charge in [0.25, 0.3) is 0 Å². The maximum Gasteiger partial charge on any atom is 0.0501 e. The molecule has 0 rings (SSSR count). The Morgan fingerprint density at radius 1 is 1.33 bits per heavy atom. The summed E-state index contributed by atoms with van der Waals surface area (Å²) in [5.74, 6) is 0. The molecule has 1 heteroatoms. The largest absolute Gasteiger partial charge is 0.0692 e. The van der Waals surface area contributed by atoms with E-state index in [4.69, 9.17) is 0 Å². The molecule has 0 unspecified atom stereocenters. The third-order valence-corrected chi connectivity index (χ3v) is 5.16. The van der Waals surface area contributed by atoms with E-state index in [2.05, 4.69) is 33.0 Å². The zero-order chi connectivity index (χ0) is 7.33. The van der Waals surface area contributed by atoms with E-state index in [1.807, 2.05) is 0 Å². The molecule has 0 nitrogen and oxygen atoms in total. The number of unbranched alkanes of at least 4 members (excludes halogenated alkanes) is 1. The summed E-state index contributed by atoms with van der Waals surface area (Å²) < 4.78 is 0. The average Bonchev–Trinajstić information content (AvgIpc) is 1.84. The molecule has 0 aromatic carbocycles. The van der Waals surface area contributed by atoms with Crippen LogP contribution in [0.5, 0.6) is 0 Å². The van der Waals surface area contributed by atoms with Gasteiger partial charge in [0.05, 0.1) is 8.07 Å². The van der Waals surface area contributed by atoms with E-state index >= 15 is 0 Å². The van der Waals surface area contributed by atoms with Gasteiger partial charge >= 0.3 is 0 Å². The van der Waals surface area contributed by atoms with E-state index in [0.717, 1.165) is 0 Å². The molecule has 0 saturated carbocycles. The van der Waals surface area contributed by atoms with Crippen molar-refractivity contribution in [2.75, 3.05) is 0 Å². The Labute approximate surface area is 60.7 Å². The van der Waals surface area contributed by atoms with Crippen LogP contribution in [0.25, 0.3) is 0 Å². The molecule has 9 heavy (non-hydrogen) atoms. The second-order valence-corrected chi connectivity index (χ2v) is 8.44. The van der Waals surface area contributed by atoms with Crippen molar-refractivity contribution in [3.05, 3.63) is 6.04 Å². The molecule has 0 heterocycles. The summed E-state index contributed by atoms with van der Waals surface area (Å²) >= 11 is 0. The van der Waals surface area contributed by atoms with Gasteiger partial charge in [-0.05, 0) is 6.04 Å². The minimum absolute atomic E-state index is 0.823. The molecule has 0 fully saturated rings. The van der Waals surface area contributed by atoms with Gasteiger partial charge in [-0.2, -0.15) is 0 Å². The molecule has 1 radical (unpaired) electrons. The second-order valence-electron chi connectivity index (χ2n) is 3.38.